The molecule has 0 aromatic carbocycles. The Bertz CT molecular complexity index is 309. The zero-order valence-electron chi connectivity index (χ0n) is 10.4. The van der Waals surface area contributed by atoms with Crippen LogP contribution in [0.1, 0.15) is 27.2 Å². The summed E-state index contributed by atoms with van der Waals surface area (Å²) in [7, 11) is 0. The van der Waals surface area contributed by atoms with E-state index in [2.05, 4.69) is 0 Å². The van der Waals surface area contributed by atoms with Gasteiger partial charge in [0, 0.05) is 5.75 Å². The fourth-order valence-electron chi connectivity index (χ4n) is 1.97. The Morgan fingerprint density at radius 2 is 2.12 bits per heavy atom. The van der Waals surface area contributed by atoms with Gasteiger partial charge in [0.05, 0.1) is 11.4 Å². The van der Waals surface area contributed by atoms with Gasteiger partial charge in [-0.3, -0.25) is 4.79 Å². The van der Waals surface area contributed by atoms with E-state index in [1.807, 2.05) is 20.8 Å². The molecule has 0 aromatic heterocycles. The van der Waals surface area contributed by atoms with Gasteiger partial charge in [-0.15, -0.1) is 11.8 Å². The van der Waals surface area contributed by atoms with E-state index in [1.54, 1.807) is 0 Å². The fraction of sp³-hybridized carbons (Fsp3) is 0.818. The van der Waals surface area contributed by atoms with Gasteiger partial charge in [0.15, 0.2) is 0 Å². The molecule has 0 saturated carbocycles. The molecule has 1 aliphatic rings. The van der Waals surface area contributed by atoms with Crippen molar-refractivity contribution in [3.05, 3.63) is 0 Å². The van der Waals surface area contributed by atoms with Gasteiger partial charge in [-0.1, -0.05) is 13.8 Å². The number of carboxylic acid groups (broad SMARTS) is 1. The Labute approximate surface area is 106 Å². The highest BCUT2D eigenvalue weighted by molar-refractivity contribution is 8.00. The van der Waals surface area contributed by atoms with Gasteiger partial charge in [0.2, 0.25) is 5.91 Å². The third-order valence-electron chi connectivity index (χ3n) is 2.80. The van der Waals surface area contributed by atoms with Gasteiger partial charge in [0.25, 0.3) is 0 Å². The van der Waals surface area contributed by atoms with Crippen molar-refractivity contribution in [1.82, 2.24) is 4.90 Å². The Balaban J connectivity index is 2.74. The monoisotopic (exact) mass is 260 g/mol. The Hall–Kier alpha value is -0.750. The summed E-state index contributed by atoms with van der Waals surface area (Å²) in [4.78, 5) is 24.6. The van der Waals surface area contributed by atoms with Gasteiger partial charge in [-0.25, -0.2) is 4.79 Å². The van der Waals surface area contributed by atoms with E-state index in [0.29, 0.717) is 18.1 Å². The zero-order valence-corrected chi connectivity index (χ0v) is 11.2. The molecule has 0 radical (unpaired) electrons. The summed E-state index contributed by atoms with van der Waals surface area (Å²) in [5.41, 5.74) is 5.83. The second-order valence-corrected chi connectivity index (χ2v) is 6.12. The van der Waals surface area contributed by atoms with Crippen molar-refractivity contribution in [3.63, 3.8) is 0 Å². The highest BCUT2D eigenvalue weighted by Crippen LogP contribution is 2.29. The largest absolute Gasteiger partial charge is 0.480 e. The van der Waals surface area contributed by atoms with E-state index < -0.39 is 18.1 Å². The van der Waals surface area contributed by atoms with Crippen molar-refractivity contribution in [2.75, 3.05) is 5.75 Å². The normalized spacial score (nSPS) is 26.3. The van der Waals surface area contributed by atoms with Crippen LogP contribution in [-0.2, 0) is 9.59 Å². The molecule has 3 atom stereocenters. The maximum atomic E-state index is 12.1. The third-order valence-corrected chi connectivity index (χ3v) is 4.02. The van der Waals surface area contributed by atoms with Crippen molar-refractivity contribution in [2.24, 2.45) is 11.7 Å². The fourth-order valence-corrected chi connectivity index (χ4v) is 3.14. The van der Waals surface area contributed by atoms with Crippen molar-refractivity contribution in [3.8, 4) is 0 Å². The molecule has 3 N–H and O–H groups in total. The van der Waals surface area contributed by atoms with Gasteiger partial charge >= 0.3 is 5.97 Å². The van der Waals surface area contributed by atoms with E-state index >= 15 is 0 Å². The van der Waals surface area contributed by atoms with Crippen LogP contribution < -0.4 is 5.73 Å². The predicted octanol–water partition coefficient (Wildman–Crippen LogP) is 0.734. The summed E-state index contributed by atoms with van der Waals surface area (Å²) in [6, 6.07) is -1.33. The average Bonchev–Trinajstić information content (AvgIpc) is 2.58. The summed E-state index contributed by atoms with van der Waals surface area (Å²) < 4.78 is 0. The summed E-state index contributed by atoms with van der Waals surface area (Å²) >= 11 is 1.48. The van der Waals surface area contributed by atoms with Crippen molar-refractivity contribution in [1.29, 1.82) is 0 Å². The molecule has 0 aliphatic carbocycles. The summed E-state index contributed by atoms with van der Waals surface area (Å²) in [6.07, 6.45) is 0.582. The Kier molecular flexibility index (Phi) is 4.82. The number of hydrogen-bond donors (Lipinski definition) is 2. The average molecular weight is 260 g/mol. The van der Waals surface area contributed by atoms with Crippen LogP contribution in [0.15, 0.2) is 0 Å². The summed E-state index contributed by atoms with van der Waals surface area (Å²) in [6.45, 7) is 5.82. The highest BCUT2D eigenvalue weighted by Gasteiger charge is 2.40. The Morgan fingerprint density at radius 3 is 2.59 bits per heavy atom. The number of carboxylic acids is 1. The van der Waals surface area contributed by atoms with Gasteiger partial charge in [0.1, 0.15) is 6.04 Å². The molecule has 1 saturated heterocycles. The lowest BCUT2D eigenvalue weighted by atomic mass is 10.0. The molecule has 1 heterocycles. The van der Waals surface area contributed by atoms with Crippen LogP contribution in [-0.4, -0.2) is 45.1 Å². The predicted molar refractivity (Wildman–Crippen MR) is 67.6 cm³/mol. The number of nitrogens with two attached hydrogens (primary N) is 1. The van der Waals surface area contributed by atoms with Crippen LogP contribution in [0, 0.1) is 5.92 Å². The first kappa shape index (κ1) is 14.3. The van der Waals surface area contributed by atoms with Gasteiger partial charge < -0.3 is 15.7 Å². The highest BCUT2D eigenvalue weighted by atomic mass is 32.2. The van der Waals surface area contributed by atoms with Gasteiger partial charge in [-0.2, -0.15) is 0 Å². The van der Waals surface area contributed by atoms with E-state index in [1.165, 1.54) is 16.7 Å². The second-order valence-electron chi connectivity index (χ2n) is 4.77. The molecule has 1 aliphatic heterocycles. The number of carbonyl (C=O) groups excluding carboxylic acids is 1. The van der Waals surface area contributed by atoms with Crippen LogP contribution in [0.25, 0.3) is 0 Å². The van der Waals surface area contributed by atoms with E-state index in [0.717, 1.165) is 0 Å². The van der Waals surface area contributed by atoms with Crippen molar-refractivity contribution < 1.29 is 14.7 Å². The lowest BCUT2D eigenvalue weighted by Crippen LogP contribution is -2.51. The lowest BCUT2D eigenvalue weighted by molar-refractivity contribution is -0.149. The summed E-state index contributed by atoms with van der Waals surface area (Å²) in [5, 5.41) is 8.96. The molecule has 17 heavy (non-hydrogen) atoms. The molecule has 1 rings (SSSR count). The molecular formula is C11H20N2O3S. The smallest absolute Gasteiger partial charge is 0.327 e. The number of carbonyl (C=O) groups is 2. The van der Waals surface area contributed by atoms with E-state index in [-0.39, 0.29) is 11.3 Å². The number of aliphatic carboxylic acids is 1. The molecule has 0 spiro atoms. The first-order chi connectivity index (χ1) is 7.84. The number of rotatable bonds is 4. The minimum absolute atomic E-state index is 0.109. The second kappa shape index (κ2) is 5.73. The maximum absolute atomic E-state index is 12.1. The quantitative estimate of drug-likeness (QED) is 0.778. The SMILES string of the molecule is CC(C)C[C@@H](N)C(=O)N1C(C)SCC1C(=O)O. The Morgan fingerprint density at radius 1 is 1.53 bits per heavy atom. The van der Waals surface area contributed by atoms with Crippen molar-refractivity contribution in [2.45, 2.75) is 44.6 Å². The van der Waals surface area contributed by atoms with Crippen LogP contribution >= 0.6 is 11.8 Å². The molecule has 6 heteroatoms. The molecule has 98 valence electrons. The van der Waals surface area contributed by atoms with Crippen LogP contribution in [0.3, 0.4) is 0 Å². The maximum Gasteiger partial charge on any atom is 0.327 e. The molecule has 5 nitrogen and oxygen atoms in total. The van der Waals surface area contributed by atoms with E-state index in [9.17, 15) is 9.59 Å². The number of hydrogen-bond acceptors (Lipinski definition) is 4. The first-order valence-electron chi connectivity index (χ1n) is 5.76. The van der Waals surface area contributed by atoms with Crippen molar-refractivity contribution >= 4 is 23.6 Å². The molecule has 0 bridgehead atoms. The molecule has 0 aromatic rings. The topological polar surface area (TPSA) is 83.6 Å². The standard InChI is InChI=1S/C11H20N2O3S/c1-6(2)4-8(12)10(14)13-7(3)17-5-9(13)11(15)16/h6-9H,4-5,12H2,1-3H3,(H,15,16)/t7?,8-,9?/m1/s1. The van der Waals surface area contributed by atoms with Crippen LogP contribution in [0.4, 0.5) is 0 Å². The minimum Gasteiger partial charge on any atom is -0.480 e. The molecular weight excluding hydrogens is 240 g/mol. The van der Waals surface area contributed by atoms with E-state index in [4.69, 9.17) is 10.8 Å². The zero-order chi connectivity index (χ0) is 13.2. The first-order valence-corrected chi connectivity index (χ1v) is 6.81. The lowest BCUT2D eigenvalue weighted by Gasteiger charge is -2.28. The minimum atomic E-state index is -0.952. The summed E-state index contributed by atoms with van der Waals surface area (Å²) in [5.74, 6) is -0.435. The third kappa shape index (κ3) is 3.35. The van der Waals surface area contributed by atoms with Crippen LogP contribution in [0.2, 0.25) is 0 Å². The van der Waals surface area contributed by atoms with Gasteiger partial charge in [-0.05, 0) is 19.3 Å². The number of thioether (sulfide) groups is 1. The number of nitrogens with zero attached hydrogens (tertiary/aromatic N) is 1. The molecule has 1 fully saturated rings. The number of amides is 1. The van der Waals surface area contributed by atoms with Crippen LogP contribution in [0.5, 0.6) is 0 Å². The molecule has 1 amide bonds. The molecule has 2 unspecified atom stereocenters.